The van der Waals surface area contributed by atoms with Crippen LogP contribution in [0.4, 0.5) is 0 Å². The Morgan fingerprint density at radius 3 is 2.44 bits per heavy atom. The quantitative estimate of drug-likeness (QED) is 0.713. The zero-order valence-corrected chi connectivity index (χ0v) is 11.6. The van der Waals surface area contributed by atoms with E-state index in [1.807, 2.05) is 6.07 Å². The van der Waals surface area contributed by atoms with Gasteiger partial charge in [0.1, 0.15) is 17.7 Å². The number of carbonyl (C=O) groups is 1. The first-order valence-electron chi connectivity index (χ1n) is 5.38. The summed E-state index contributed by atoms with van der Waals surface area (Å²) in [5.41, 5.74) is 0.804. The van der Waals surface area contributed by atoms with Crippen molar-refractivity contribution in [3.05, 3.63) is 29.8 Å². The third kappa shape index (κ3) is 4.26. The minimum Gasteiger partial charge on any atom is -0.497 e. The molecule has 5 nitrogen and oxygen atoms in total. The zero-order valence-electron chi connectivity index (χ0n) is 10.7. The molecular formula is C12H17O5P. The number of hydrogen-bond donors (Lipinski definition) is 0. The number of benzene rings is 1. The van der Waals surface area contributed by atoms with Gasteiger partial charge in [-0.3, -0.25) is 9.36 Å². The van der Waals surface area contributed by atoms with Crippen LogP contribution < -0.4 is 4.74 Å². The van der Waals surface area contributed by atoms with Crippen LogP contribution in [0, 0.1) is 0 Å². The van der Waals surface area contributed by atoms with Crippen LogP contribution in [-0.4, -0.2) is 33.3 Å². The molecule has 0 unspecified atom stereocenters. The Morgan fingerprint density at radius 1 is 1.22 bits per heavy atom. The maximum atomic E-state index is 11.8. The van der Waals surface area contributed by atoms with Crippen molar-refractivity contribution in [2.75, 3.05) is 27.5 Å². The summed E-state index contributed by atoms with van der Waals surface area (Å²) in [5.74, 6) is 0.484. The number of rotatable bonds is 7. The van der Waals surface area contributed by atoms with Gasteiger partial charge in [0.15, 0.2) is 0 Å². The highest BCUT2D eigenvalue weighted by Crippen LogP contribution is 2.46. The van der Waals surface area contributed by atoms with Gasteiger partial charge in [-0.25, -0.2) is 0 Å². The summed E-state index contributed by atoms with van der Waals surface area (Å²) in [4.78, 5) is 11.8. The second kappa shape index (κ2) is 6.69. The first kappa shape index (κ1) is 14.9. The van der Waals surface area contributed by atoms with E-state index in [2.05, 4.69) is 0 Å². The molecule has 0 fully saturated rings. The lowest BCUT2D eigenvalue weighted by molar-refractivity contribution is -0.116. The van der Waals surface area contributed by atoms with E-state index in [1.54, 1.807) is 25.3 Å². The molecule has 6 heteroatoms. The minimum absolute atomic E-state index is 0.175. The van der Waals surface area contributed by atoms with E-state index in [0.717, 1.165) is 5.56 Å². The molecule has 1 aromatic rings. The van der Waals surface area contributed by atoms with Gasteiger partial charge in [0.05, 0.1) is 7.11 Å². The topological polar surface area (TPSA) is 61.8 Å². The average Bonchev–Trinajstić information content (AvgIpc) is 2.38. The number of ketones is 1. The molecule has 0 saturated heterocycles. The van der Waals surface area contributed by atoms with Crippen LogP contribution in [0.2, 0.25) is 0 Å². The standard InChI is InChI=1S/C12H17O5P/c1-15-12-6-4-5-10(8-12)7-11(13)9-18(14,16-2)17-3/h4-6,8H,7,9H2,1-3H3. The van der Waals surface area contributed by atoms with Gasteiger partial charge in [0, 0.05) is 20.6 Å². The molecule has 0 aliphatic carbocycles. The minimum atomic E-state index is -3.27. The zero-order chi connectivity index (χ0) is 13.6. The van der Waals surface area contributed by atoms with Gasteiger partial charge in [-0.2, -0.15) is 0 Å². The number of Topliss-reactive ketones (excluding diaryl/α,β-unsaturated/α-hetero) is 1. The second-order valence-corrected chi connectivity index (χ2v) is 5.97. The van der Waals surface area contributed by atoms with Crippen LogP contribution in [0.1, 0.15) is 5.56 Å². The number of carbonyl (C=O) groups excluding carboxylic acids is 1. The van der Waals surface area contributed by atoms with Crippen LogP contribution in [-0.2, 0) is 24.8 Å². The second-order valence-electron chi connectivity index (χ2n) is 3.70. The third-order valence-electron chi connectivity index (χ3n) is 2.46. The van der Waals surface area contributed by atoms with Crippen LogP contribution in [0.3, 0.4) is 0 Å². The molecule has 1 aromatic carbocycles. The summed E-state index contributed by atoms with van der Waals surface area (Å²) in [6, 6.07) is 7.17. The van der Waals surface area contributed by atoms with Crippen molar-refractivity contribution in [1.29, 1.82) is 0 Å². The Balaban J connectivity index is 2.67. The monoisotopic (exact) mass is 272 g/mol. The van der Waals surface area contributed by atoms with Crippen molar-refractivity contribution in [3.8, 4) is 5.75 Å². The van der Waals surface area contributed by atoms with Gasteiger partial charge in [0.2, 0.25) is 0 Å². The molecule has 0 N–H and O–H groups in total. The lowest BCUT2D eigenvalue weighted by Gasteiger charge is -2.12. The highest BCUT2D eigenvalue weighted by molar-refractivity contribution is 7.54. The smallest absolute Gasteiger partial charge is 0.337 e. The van der Waals surface area contributed by atoms with Crippen molar-refractivity contribution >= 4 is 13.4 Å². The molecule has 0 atom stereocenters. The highest BCUT2D eigenvalue weighted by Gasteiger charge is 2.25. The van der Waals surface area contributed by atoms with Gasteiger partial charge in [-0.05, 0) is 17.7 Å². The van der Waals surface area contributed by atoms with Gasteiger partial charge < -0.3 is 13.8 Å². The van der Waals surface area contributed by atoms with E-state index in [4.69, 9.17) is 13.8 Å². The molecule has 0 bridgehead atoms. The Hall–Kier alpha value is -1.16. The van der Waals surface area contributed by atoms with Crippen LogP contribution in [0.25, 0.3) is 0 Å². The Bertz CT molecular complexity index is 450. The fourth-order valence-corrected chi connectivity index (χ4v) is 2.44. The van der Waals surface area contributed by atoms with Crippen molar-refractivity contribution < 1.29 is 23.1 Å². The molecule has 0 spiro atoms. The van der Waals surface area contributed by atoms with Crippen LogP contribution >= 0.6 is 7.60 Å². The van der Waals surface area contributed by atoms with Crippen molar-refractivity contribution in [1.82, 2.24) is 0 Å². The molecule has 0 aliphatic heterocycles. The lowest BCUT2D eigenvalue weighted by Crippen LogP contribution is -2.10. The SMILES string of the molecule is COc1cccc(CC(=O)CP(=O)(OC)OC)c1. The first-order chi connectivity index (χ1) is 8.53. The summed E-state index contributed by atoms with van der Waals surface area (Å²) in [6.07, 6.45) is -0.0505. The predicted molar refractivity (Wildman–Crippen MR) is 68.2 cm³/mol. The first-order valence-corrected chi connectivity index (χ1v) is 7.11. The molecule has 0 heterocycles. The third-order valence-corrected chi connectivity index (χ3v) is 4.31. The summed E-state index contributed by atoms with van der Waals surface area (Å²) in [7, 11) is 0.821. The Morgan fingerprint density at radius 2 is 1.89 bits per heavy atom. The van der Waals surface area contributed by atoms with E-state index >= 15 is 0 Å². The number of ether oxygens (including phenoxy) is 1. The van der Waals surface area contributed by atoms with Crippen molar-refractivity contribution in [3.63, 3.8) is 0 Å². The highest BCUT2D eigenvalue weighted by atomic mass is 31.2. The summed E-state index contributed by atoms with van der Waals surface area (Å²) in [5, 5.41) is 0. The molecule has 18 heavy (non-hydrogen) atoms. The average molecular weight is 272 g/mol. The fraction of sp³-hybridized carbons (Fsp3) is 0.417. The fourth-order valence-electron chi connectivity index (χ4n) is 1.49. The number of methoxy groups -OCH3 is 1. The predicted octanol–water partition coefficient (Wildman–Crippen LogP) is 2.29. The molecule has 0 aromatic heterocycles. The van der Waals surface area contributed by atoms with Gasteiger partial charge in [-0.1, -0.05) is 12.1 Å². The van der Waals surface area contributed by atoms with E-state index < -0.39 is 7.60 Å². The van der Waals surface area contributed by atoms with E-state index in [0.29, 0.717) is 5.75 Å². The van der Waals surface area contributed by atoms with Crippen molar-refractivity contribution in [2.24, 2.45) is 0 Å². The maximum Gasteiger partial charge on any atom is 0.337 e. The van der Waals surface area contributed by atoms with Crippen LogP contribution in [0.5, 0.6) is 5.75 Å². The van der Waals surface area contributed by atoms with Crippen molar-refractivity contribution in [2.45, 2.75) is 6.42 Å². The van der Waals surface area contributed by atoms with E-state index in [1.165, 1.54) is 14.2 Å². The summed E-state index contributed by atoms with van der Waals surface area (Å²) < 4.78 is 26.3. The van der Waals surface area contributed by atoms with E-state index in [9.17, 15) is 9.36 Å². The summed E-state index contributed by atoms with van der Waals surface area (Å²) in [6.45, 7) is 0. The Labute approximate surface area is 107 Å². The lowest BCUT2D eigenvalue weighted by atomic mass is 10.1. The molecule has 1 rings (SSSR count). The molecule has 100 valence electrons. The van der Waals surface area contributed by atoms with E-state index in [-0.39, 0.29) is 18.4 Å². The molecule has 0 amide bonds. The summed E-state index contributed by atoms with van der Waals surface area (Å²) >= 11 is 0. The van der Waals surface area contributed by atoms with Gasteiger partial charge in [-0.15, -0.1) is 0 Å². The normalized spacial score (nSPS) is 11.3. The molecular weight excluding hydrogens is 255 g/mol. The van der Waals surface area contributed by atoms with Gasteiger partial charge in [0.25, 0.3) is 0 Å². The Kier molecular flexibility index (Phi) is 5.54. The number of hydrogen-bond acceptors (Lipinski definition) is 5. The molecule has 0 saturated carbocycles. The van der Waals surface area contributed by atoms with Crippen LogP contribution in [0.15, 0.2) is 24.3 Å². The van der Waals surface area contributed by atoms with Gasteiger partial charge >= 0.3 is 7.60 Å². The largest absolute Gasteiger partial charge is 0.497 e. The maximum absolute atomic E-state index is 11.8. The molecule has 0 aliphatic rings. The molecule has 0 radical (unpaired) electrons.